The van der Waals surface area contributed by atoms with Crippen molar-refractivity contribution in [3.8, 4) is 11.6 Å². The lowest BCUT2D eigenvalue weighted by atomic mass is 10.0. The van der Waals surface area contributed by atoms with E-state index in [4.69, 9.17) is 4.42 Å². The van der Waals surface area contributed by atoms with E-state index in [2.05, 4.69) is 49.2 Å². The molecule has 0 amide bonds. The monoisotopic (exact) mass is 371 g/mol. The summed E-state index contributed by atoms with van der Waals surface area (Å²) in [7, 11) is 1.80. The third-order valence-electron chi connectivity index (χ3n) is 4.57. The number of aliphatic imine (C=N–C) groups is 1. The average molecular weight is 371 g/mol. The number of hydrogen-bond donors (Lipinski definition) is 3. The zero-order valence-corrected chi connectivity index (χ0v) is 16.2. The van der Waals surface area contributed by atoms with E-state index in [1.54, 1.807) is 13.3 Å². The molecule has 2 aromatic rings. The topological polar surface area (TPSA) is 94.4 Å². The number of rotatable bonds is 7. The molecule has 0 spiro atoms. The molecule has 2 aromatic heterocycles. The minimum absolute atomic E-state index is 0.452. The van der Waals surface area contributed by atoms with Crippen LogP contribution in [0.5, 0.6) is 0 Å². The highest BCUT2D eigenvalue weighted by Crippen LogP contribution is 2.14. The van der Waals surface area contributed by atoms with E-state index in [-0.39, 0.29) is 0 Å². The first kappa shape index (κ1) is 19.2. The van der Waals surface area contributed by atoms with Crippen molar-refractivity contribution < 1.29 is 4.42 Å². The van der Waals surface area contributed by atoms with Crippen molar-refractivity contribution in [1.29, 1.82) is 0 Å². The van der Waals surface area contributed by atoms with Gasteiger partial charge in [0.1, 0.15) is 5.82 Å². The van der Waals surface area contributed by atoms with Crippen LogP contribution in [-0.4, -0.2) is 65.3 Å². The van der Waals surface area contributed by atoms with Gasteiger partial charge in [-0.2, -0.15) is 5.10 Å². The molecule has 0 aliphatic carbocycles. The van der Waals surface area contributed by atoms with Gasteiger partial charge in [-0.3, -0.25) is 15.0 Å². The van der Waals surface area contributed by atoms with E-state index in [1.165, 1.54) is 5.57 Å². The van der Waals surface area contributed by atoms with E-state index in [1.807, 2.05) is 12.1 Å². The lowest BCUT2D eigenvalue weighted by molar-refractivity contribution is 0.221. The Morgan fingerprint density at radius 3 is 2.93 bits per heavy atom. The molecule has 0 radical (unpaired) electrons. The Bertz CT molecular complexity index is 742. The summed E-state index contributed by atoms with van der Waals surface area (Å²) in [4.78, 5) is 11.2. The van der Waals surface area contributed by atoms with Crippen LogP contribution < -0.4 is 10.6 Å². The zero-order chi connectivity index (χ0) is 19.1. The normalized spacial score (nSPS) is 16.4. The third kappa shape index (κ3) is 5.68. The molecular weight excluding hydrogens is 342 g/mol. The van der Waals surface area contributed by atoms with Crippen molar-refractivity contribution in [2.45, 2.75) is 32.2 Å². The van der Waals surface area contributed by atoms with Crippen LogP contribution in [0.2, 0.25) is 0 Å². The summed E-state index contributed by atoms with van der Waals surface area (Å²) in [5.74, 6) is 2.90. The predicted octanol–water partition coefficient (Wildman–Crippen LogP) is 1.81. The average Bonchev–Trinajstić information content (AvgIpc) is 3.33. The molecule has 3 heterocycles. The molecule has 3 rings (SSSR count). The summed E-state index contributed by atoms with van der Waals surface area (Å²) < 4.78 is 5.31. The zero-order valence-electron chi connectivity index (χ0n) is 16.2. The molecule has 0 unspecified atom stereocenters. The number of hydrogen-bond acceptors (Lipinski definition) is 5. The highest BCUT2D eigenvalue weighted by atomic mass is 16.3. The molecule has 1 aliphatic rings. The number of guanidine groups is 1. The lowest BCUT2D eigenvalue weighted by Crippen LogP contribution is -2.49. The molecule has 8 nitrogen and oxygen atoms in total. The Morgan fingerprint density at radius 1 is 1.44 bits per heavy atom. The van der Waals surface area contributed by atoms with Gasteiger partial charge in [0.05, 0.1) is 6.26 Å². The van der Waals surface area contributed by atoms with E-state index >= 15 is 0 Å². The maximum absolute atomic E-state index is 5.31. The van der Waals surface area contributed by atoms with Gasteiger partial charge >= 0.3 is 0 Å². The summed E-state index contributed by atoms with van der Waals surface area (Å²) in [5.41, 5.74) is 1.22. The Kier molecular flexibility index (Phi) is 6.64. The Balaban J connectivity index is 1.39. The molecule has 0 aromatic carbocycles. The minimum Gasteiger partial charge on any atom is -0.461 e. The van der Waals surface area contributed by atoms with E-state index in [0.717, 1.165) is 57.2 Å². The maximum atomic E-state index is 5.31. The Labute approximate surface area is 160 Å². The smallest absolute Gasteiger partial charge is 0.216 e. The number of likely N-dealkylation sites (tertiary alicyclic amines) is 1. The third-order valence-corrected chi connectivity index (χ3v) is 4.57. The molecule has 0 saturated carbocycles. The van der Waals surface area contributed by atoms with Crippen molar-refractivity contribution in [1.82, 2.24) is 30.7 Å². The van der Waals surface area contributed by atoms with Gasteiger partial charge in [-0.15, -0.1) is 0 Å². The number of nitrogens with zero attached hydrogens (tertiary/aromatic N) is 4. The number of furan rings is 1. The van der Waals surface area contributed by atoms with Gasteiger partial charge in [0.15, 0.2) is 11.7 Å². The molecule has 1 saturated heterocycles. The first-order chi connectivity index (χ1) is 13.1. The fourth-order valence-electron chi connectivity index (χ4n) is 3.23. The van der Waals surface area contributed by atoms with Gasteiger partial charge in [-0.25, -0.2) is 4.98 Å². The molecule has 0 atom stereocenters. The van der Waals surface area contributed by atoms with Gasteiger partial charge in [0, 0.05) is 45.7 Å². The molecule has 0 bridgehead atoms. The lowest BCUT2D eigenvalue weighted by Gasteiger charge is -2.33. The van der Waals surface area contributed by atoms with Crippen LogP contribution in [0.15, 0.2) is 40.0 Å². The van der Waals surface area contributed by atoms with Crippen LogP contribution in [-0.2, 0) is 6.42 Å². The van der Waals surface area contributed by atoms with Gasteiger partial charge in [-0.1, -0.05) is 12.2 Å². The molecule has 1 aliphatic heterocycles. The van der Waals surface area contributed by atoms with Crippen LogP contribution >= 0.6 is 0 Å². The number of piperidine rings is 1. The summed E-state index contributed by atoms with van der Waals surface area (Å²) in [5, 5.41) is 14.0. The number of nitrogens with one attached hydrogen (secondary N) is 3. The molecular formula is C19H29N7O. The number of aromatic amines is 1. The largest absolute Gasteiger partial charge is 0.461 e. The Hall–Kier alpha value is -2.61. The second-order valence-electron chi connectivity index (χ2n) is 6.98. The highest BCUT2D eigenvalue weighted by molar-refractivity contribution is 5.79. The molecule has 3 N–H and O–H groups in total. The number of H-pyrrole nitrogens is 1. The summed E-state index contributed by atoms with van der Waals surface area (Å²) in [6, 6.07) is 4.12. The quantitative estimate of drug-likeness (QED) is 0.390. The van der Waals surface area contributed by atoms with Crippen molar-refractivity contribution in [3.05, 3.63) is 36.4 Å². The van der Waals surface area contributed by atoms with Crippen molar-refractivity contribution in [2.24, 2.45) is 4.99 Å². The first-order valence-corrected chi connectivity index (χ1v) is 9.43. The van der Waals surface area contributed by atoms with Crippen LogP contribution in [0.4, 0.5) is 0 Å². The molecule has 146 valence electrons. The second-order valence-corrected chi connectivity index (χ2v) is 6.98. The van der Waals surface area contributed by atoms with Crippen LogP contribution in [0.25, 0.3) is 11.6 Å². The van der Waals surface area contributed by atoms with Gasteiger partial charge < -0.3 is 15.1 Å². The van der Waals surface area contributed by atoms with E-state index < -0.39 is 0 Å². The number of aromatic nitrogens is 3. The van der Waals surface area contributed by atoms with Crippen LogP contribution in [0, 0.1) is 0 Å². The van der Waals surface area contributed by atoms with E-state index in [9.17, 15) is 0 Å². The van der Waals surface area contributed by atoms with Gasteiger partial charge in [0.2, 0.25) is 5.82 Å². The van der Waals surface area contributed by atoms with Crippen LogP contribution in [0.3, 0.4) is 0 Å². The fourth-order valence-corrected chi connectivity index (χ4v) is 3.23. The van der Waals surface area contributed by atoms with Crippen molar-refractivity contribution in [3.63, 3.8) is 0 Å². The molecule has 8 heteroatoms. The first-order valence-electron chi connectivity index (χ1n) is 9.43. The van der Waals surface area contributed by atoms with Crippen molar-refractivity contribution in [2.75, 3.05) is 33.2 Å². The SMILES string of the molecule is C=C(C)CN1CCC(NC(=NC)NCCc2nc(-c3ccco3)n[nH]2)CC1. The van der Waals surface area contributed by atoms with Crippen LogP contribution in [0.1, 0.15) is 25.6 Å². The summed E-state index contributed by atoms with van der Waals surface area (Å²) in [6.45, 7) is 9.99. The van der Waals surface area contributed by atoms with E-state index in [0.29, 0.717) is 17.6 Å². The maximum Gasteiger partial charge on any atom is 0.216 e. The molecule has 27 heavy (non-hydrogen) atoms. The van der Waals surface area contributed by atoms with Gasteiger partial charge in [-0.05, 0) is 31.9 Å². The Morgan fingerprint density at radius 2 is 2.26 bits per heavy atom. The van der Waals surface area contributed by atoms with Gasteiger partial charge in [0.25, 0.3) is 0 Å². The second kappa shape index (κ2) is 9.36. The predicted molar refractivity (Wildman–Crippen MR) is 107 cm³/mol. The molecule has 1 fully saturated rings. The summed E-state index contributed by atoms with van der Waals surface area (Å²) >= 11 is 0. The highest BCUT2D eigenvalue weighted by Gasteiger charge is 2.19. The minimum atomic E-state index is 0.452. The van der Waals surface area contributed by atoms with Crippen molar-refractivity contribution >= 4 is 5.96 Å². The standard InChI is InChI=1S/C19H29N7O/c1-14(2)13-26-10-7-15(8-11-26)22-19(20-3)21-9-6-17-23-18(25-24-17)16-5-4-12-27-16/h4-5,12,15H,1,6-11,13H2,2-3H3,(H2,20,21,22)(H,23,24,25). The summed E-state index contributed by atoms with van der Waals surface area (Å²) in [6.07, 6.45) is 4.57. The fraction of sp³-hybridized carbons (Fsp3) is 0.526.